The first kappa shape index (κ1) is 15.9. The van der Waals surface area contributed by atoms with Gasteiger partial charge in [0.2, 0.25) is 11.8 Å². The van der Waals surface area contributed by atoms with Crippen LogP contribution in [-0.2, 0) is 14.3 Å². The number of hydrogen-bond acceptors (Lipinski definition) is 4. The fraction of sp³-hybridized carbons (Fsp3) is 0.846. The Labute approximate surface area is 114 Å². The Hall–Kier alpha value is -1.14. The third kappa shape index (κ3) is 6.02. The molecule has 1 aliphatic heterocycles. The zero-order valence-electron chi connectivity index (χ0n) is 11.8. The first-order valence-corrected chi connectivity index (χ1v) is 6.92. The number of carbonyl (C=O) groups is 2. The molecule has 0 spiro atoms. The number of ether oxygens (including phenoxy) is 1. The van der Waals surface area contributed by atoms with Gasteiger partial charge in [0.15, 0.2) is 0 Å². The van der Waals surface area contributed by atoms with Crippen molar-refractivity contribution in [1.29, 1.82) is 0 Å². The van der Waals surface area contributed by atoms with Crippen molar-refractivity contribution in [3.05, 3.63) is 0 Å². The second-order valence-electron chi connectivity index (χ2n) is 5.30. The molecule has 19 heavy (non-hydrogen) atoms. The van der Waals surface area contributed by atoms with Gasteiger partial charge in [0.25, 0.3) is 0 Å². The number of amides is 2. The van der Waals surface area contributed by atoms with E-state index >= 15 is 0 Å². The topological polar surface area (TPSA) is 93.5 Å². The van der Waals surface area contributed by atoms with Crippen molar-refractivity contribution in [2.24, 2.45) is 11.7 Å². The van der Waals surface area contributed by atoms with Crippen LogP contribution in [0.1, 0.15) is 33.1 Å². The minimum atomic E-state index is -0.410. The summed E-state index contributed by atoms with van der Waals surface area (Å²) in [4.78, 5) is 23.2. The van der Waals surface area contributed by atoms with Gasteiger partial charge in [-0.1, -0.05) is 13.8 Å². The summed E-state index contributed by atoms with van der Waals surface area (Å²) in [5.74, 6) is 0.243. The highest BCUT2D eigenvalue weighted by Crippen LogP contribution is 2.18. The number of rotatable bonds is 7. The van der Waals surface area contributed by atoms with E-state index in [-0.39, 0.29) is 17.9 Å². The zero-order valence-corrected chi connectivity index (χ0v) is 11.8. The molecule has 0 aromatic carbocycles. The lowest BCUT2D eigenvalue weighted by molar-refractivity contribution is -0.131. The van der Waals surface area contributed by atoms with Gasteiger partial charge in [-0.25, -0.2) is 0 Å². The van der Waals surface area contributed by atoms with Crippen LogP contribution in [0.25, 0.3) is 0 Å². The fourth-order valence-corrected chi connectivity index (χ4v) is 1.89. The van der Waals surface area contributed by atoms with Crippen molar-refractivity contribution in [2.75, 3.05) is 19.6 Å². The molecule has 1 fully saturated rings. The van der Waals surface area contributed by atoms with Gasteiger partial charge in [-0.15, -0.1) is 0 Å². The number of nitrogens with two attached hydrogens (primary N) is 1. The van der Waals surface area contributed by atoms with Gasteiger partial charge < -0.3 is 21.1 Å². The minimum absolute atomic E-state index is 0.00918. The highest BCUT2D eigenvalue weighted by Gasteiger charge is 2.29. The predicted octanol–water partition coefficient (Wildman–Crippen LogP) is -0.229. The summed E-state index contributed by atoms with van der Waals surface area (Å²) in [7, 11) is 0. The second kappa shape index (κ2) is 8.12. The van der Waals surface area contributed by atoms with Crippen LogP contribution in [0, 0.1) is 5.92 Å². The maximum Gasteiger partial charge on any atom is 0.249 e. The smallest absolute Gasteiger partial charge is 0.249 e. The molecule has 6 nitrogen and oxygen atoms in total. The summed E-state index contributed by atoms with van der Waals surface area (Å²) in [5.41, 5.74) is 5.48. The standard InChI is InChI=1S/C13H25N3O3/c1-9(2)8-16-12(17)5-6-15-13(18)11-4-3-10(7-14)19-11/h9-11H,3-8,14H2,1-2H3,(H,15,18)(H,16,17). The van der Waals surface area contributed by atoms with Crippen molar-refractivity contribution in [3.8, 4) is 0 Å². The van der Waals surface area contributed by atoms with Crippen LogP contribution in [0.2, 0.25) is 0 Å². The molecule has 2 unspecified atom stereocenters. The lowest BCUT2D eigenvalue weighted by Gasteiger charge is -2.13. The van der Waals surface area contributed by atoms with Crippen molar-refractivity contribution in [2.45, 2.75) is 45.3 Å². The third-order valence-corrected chi connectivity index (χ3v) is 3.02. The molecule has 0 bridgehead atoms. The normalized spacial score (nSPS) is 22.5. The van der Waals surface area contributed by atoms with E-state index in [9.17, 15) is 9.59 Å². The van der Waals surface area contributed by atoms with E-state index in [4.69, 9.17) is 10.5 Å². The van der Waals surface area contributed by atoms with Crippen LogP contribution < -0.4 is 16.4 Å². The molecule has 1 rings (SSSR count). The van der Waals surface area contributed by atoms with E-state index in [1.807, 2.05) is 13.8 Å². The summed E-state index contributed by atoms with van der Waals surface area (Å²) >= 11 is 0. The molecule has 4 N–H and O–H groups in total. The van der Waals surface area contributed by atoms with E-state index in [1.165, 1.54) is 0 Å². The molecule has 110 valence electrons. The largest absolute Gasteiger partial charge is 0.364 e. The van der Waals surface area contributed by atoms with Crippen LogP contribution in [0.5, 0.6) is 0 Å². The highest BCUT2D eigenvalue weighted by atomic mass is 16.5. The Morgan fingerprint density at radius 1 is 1.32 bits per heavy atom. The molecule has 0 aromatic rings. The van der Waals surface area contributed by atoms with Gasteiger partial charge in [-0.2, -0.15) is 0 Å². The molecule has 0 aliphatic carbocycles. The summed E-state index contributed by atoms with van der Waals surface area (Å²) in [6.45, 7) is 5.52. The summed E-state index contributed by atoms with van der Waals surface area (Å²) < 4.78 is 5.47. The van der Waals surface area contributed by atoms with Crippen molar-refractivity contribution < 1.29 is 14.3 Å². The fourth-order valence-electron chi connectivity index (χ4n) is 1.89. The second-order valence-corrected chi connectivity index (χ2v) is 5.30. The predicted molar refractivity (Wildman–Crippen MR) is 72.4 cm³/mol. The molecule has 0 aromatic heterocycles. The van der Waals surface area contributed by atoms with Crippen molar-refractivity contribution in [3.63, 3.8) is 0 Å². The van der Waals surface area contributed by atoms with Gasteiger partial charge in [0, 0.05) is 26.1 Å². The zero-order chi connectivity index (χ0) is 14.3. The monoisotopic (exact) mass is 271 g/mol. The van der Waals surface area contributed by atoms with Crippen LogP contribution in [-0.4, -0.2) is 43.7 Å². The average molecular weight is 271 g/mol. The minimum Gasteiger partial charge on any atom is -0.364 e. The molecule has 1 aliphatic rings. The molecule has 6 heteroatoms. The molecular weight excluding hydrogens is 246 g/mol. The van der Waals surface area contributed by atoms with Crippen LogP contribution in [0.3, 0.4) is 0 Å². The Kier molecular flexibility index (Phi) is 6.80. The van der Waals surface area contributed by atoms with Crippen LogP contribution >= 0.6 is 0 Å². The Bertz CT molecular complexity index is 308. The lowest BCUT2D eigenvalue weighted by Crippen LogP contribution is -2.38. The molecular formula is C13H25N3O3. The maximum absolute atomic E-state index is 11.7. The van der Waals surface area contributed by atoms with Gasteiger partial charge >= 0.3 is 0 Å². The quantitative estimate of drug-likeness (QED) is 0.596. The van der Waals surface area contributed by atoms with Gasteiger partial charge in [0.1, 0.15) is 6.10 Å². The van der Waals surface area contributed by atoms with E-state index in [0.717, 1.165) is 6.42 Å². The summed E-state index contributed by atoms with van der Waals surface area (Å²) in [6, 6.07) is 0. The number of carbonyl (C=O) groups excluding carboxylic acids is 2. The first-order chi connectivity index (χ1) is 9.02. The highest BCUT2D eigenvalue weighted by molar-refractivity contribution is 5.82. The Morgan fingerprint density at radius 2 is 2.05 bits per heavy atom. The molecule has 0 radical (unpaired) electrons. The number of nitrogens with one attached hydrogen (secondary N) is 2. The lowest BCUT2D eigenvalue weighted by atomic mass is 10.2. The van der Waals surface area contributed by atoms with E-state index in [0.29, 0.717) is 38.4 Å². The van der Waals surface area contributed by atoms with Crippen molar-refractivity contribution >= 4 is 11.8 Å². The first-order valence-electron chi connectivity index (χ1n) is 6.92. The van der Waals surface area contributed by atoms with E-state index < -0.39 is 6.10 Å². The molecule has 1 saturated heterocycles. The van der Waals surface area contributed by atoms with Gasteiger partial charge in [-0.3, -0.25) is 9.59 Å². The molecule has 2 amide bonds. The van der Waals surface area contributed by atoms with Gasteiger partial charge in [-0.05, 0) is 18.8 Å². The third-order valence-electron chi connectivity index (χ3n) is 3.02. The molecule has 1 heterocycles. The maximum atomic E-state index is 11.7. The summed E-state index contributed by atoms with van der Waals surface area (Å²) in [5, 5.41) is 5.53. The number of hydrogen-bond donors (Lipinski definition) is 3. The van der Waals surface area contributed by atoms with E-state index in [1.54, 1.807) is 0 Å². The van der Waals surface area contributed by atoms with Crippen LogP contribution in [0.15, 0.2) is 0 Å². The Morgan fingerprint density at radius 3 is 2.63 bits per heavy atom. The Balaban J connectivity index is 2.12. The SMILES string of the molecule is CC(C)CNC(=O)CCNC(=O)C1CCC(CN)O1. The van der Waals surface area contributed by atoms with E-state index in [2.05, 4.69) is 10.6 Å². The molecule has 2 atom stereocenters. The summed E-state index contributed by atoms with van der Waals surface area (Å²) in [6.07, 6.45) is 1.40. The average Bonchev–Trinajstić information content (AvgIpc) is 2.85. The van der Waals surface area contributed by atoms with Crippen molar-refractivity contribution in [1.82, 2.24) is 10.6 Å². The molecule has 0 saturated carbocycles. The van der Waals surface area contributed by atoms with Crippen LogP contribution in [0.4, 0.5) is 0 Å². The van der Waals surface area contributed by atoms with Gasteiger partial charge in [0.05, 0.1) is 6.10 Å².